The summed E-state index contributed by atoms with van der Waals surface area (Å²) in [6.45, 7) is 3.32. The van der Waals surface area contributed by atoms with E-state index in [2.05, 4.69) is 31.1 Å². The molecule has 156 valence electrons. The number of nitrogens with zero attached hydrogens (tertiary/aromatic N) is 4. The van der Waals surface area contributed by atoms with Crippen LogP contribution in [0, 0.1) is 0 Å². The first-order valence-electron chi connectivity index (χ1n) is 10.0. The van der Waals surface area contributed by atoms with E-state index in [1.165, 1.54) is 11.8 Å². The van der Waals surface area contributed by atoms with Crippen molar-refractivity contribution in [3.63, 3.8) is 0 Å². The number of hydrogen-bond donors (Lipinski definition) is 1. The molecule has 0 atom stereocenters. The van der Waals surface area contributed by atoms with Gasteiger partial charge >= 0.3 is 0 Å². The van der Waals surface area contributed by atoms with E-state index in [1.807, 2.05) is 54.6 Å². The molecule has 0 unspecified atom stereocenters. The number of halogens is 1. The lowest BCUT2D eigenvalue weighted by molar-refractivity contribution is -0.113. The van der Waals surface area contributed by atoms with Crippen LogP contribution in [0.5, 0.6) is 0 Å². The van der Waals surface area contributed by atoms with Crippen molar-refractivity contribution in [1.82, 2.24) is 15.1 Å². The van der Waals surface area contributed by atoms with Crippen LogP contribution in [0.2, 0.25) is 5.02 Å². The molecule has 5 rings (SSSR count). The van der Waals surface area contributed by atoms with Gasteiger partial charge in [0.15, 0.2) is 5.17 Å². The van der Waals surface area contributed by atoms with Crippen molar-refractivity contribution in [2.45, 2.75) is 0 Å². The summed E-state index contributed by atoms with van der Waals surface area (Å²) < 4.78 is 0. The summed E-state index contributed by atoms with van der Waals surface area (Å²) in [5.41, 5.74) is 3.92. The summed E-state index contributed by atoms with van der Waals surface area (Å²) in [4.78, 5) is 22.0. The number of rotatable bonds is 3. The number of benzene rings is 2. The normalized spacial score (nSPS) is 18.0. The van der Waals surface area contributed by atoms with E-state index in [0.29, 0.717) is 4.91 Å². The second-order valence-electron chi connectivity index (χ2n) is 7.33. The minimum absolute atomic E-state index is 0.197. The largest absolute Gasteiger partial charge is 0.368 e. The molecule has 2 aromatic carbocycles. The minimum atomic E-state index is -0.197. The molecule has 6 nitrogen and oxygen atoms in total. The van der Waals surface area contributed by atoms with Crippen molar-refractivity contribution in [2.75, 3.05) is 31.1 Å². The molecule has 2 aliphatic heterocycles. The van der Waals surface area contributed by atoms with Crippen molar-refractivity contribution >= 4 is 46.2 Å². The number of carbonyl (C=O) groups excluding carboxylic acids is 1. The molecule has 2 aliphatic rings. The molecule has 8 heteroatoms. The molecule has 1 aromatic heterocycles. The van der Waals surface area contributed by atoms with Crippen LogP contribution in [-0.2, 0) is 4.79 Å². The van der Waals surface area contributed by atoms with Gasteiger partial charge in [-0.2, -0.15) is 10.1 Å². The number of aromatic nitrogens is 2. The van der Waals surface area contributed by atoms with E-state index in [9.17, 15) is 4.79 Å². The number of aliphatic imine (C=N–C) groups is 1. The van der Waals surface area contributed by atoms with Crippen LogP contribution >= 0.6 is 23.4 Å². The topological polar surface area (TPSA) is 64.6 Å². The Morgan fingerprint density at radius 3 is 2.55 bits per heavy atom. The second kappa shape index (κ2) is 8.61. The van der Waals surface area contributed by atoms with E-state index >= 15 is 0 Å². The van der Waals surface area contributed by atoms with Gasteiger partial charge in [-0.3, -0.25) is 9.89 Å². The molecular formula is C23H20ClN5OS. The molecule has 0 bridgehead atoms. The van der Waals surface area contributed by atoms with Gasteiger partial charge in [0.05, 0.1) is 16.8 Å². The molecule has 0 radical (unpaired) electrons. The molecule has 3 heterocycles. The third-order valence-electron chi connectivity index (χ3n) is 5.35. The molecule has 0 spiro atoms. The fourth-order valence-corrected chi connectivity index (χ4v) is 4.88. The fraction of sp³-hybridized carbons (Fsp3) is 0.174. The second-order valence-corrected chi connectivity index (χ2v) is 8.78. The molecule has 3 aromatic rings. The molecule has 1 amide bonds. The summed E-state index contributed by atoms with van der Waals surface area (Å²) in [7, 11) is 0. The maximum Gasteiger partial charge on any atom is 0.286 e. The highest BCUT2D eigenvalue weighted by molar-refractivity contribution is 8.18. The predicted molar refractivity (Wildman–Crippen MR) is 127 cm³/mol. The average molecular weight is 450 g/mol. The predicted octanol–water partition coefficient (Wildman–Crippen LogP) is 4.52. The number of amidine groups is 1. The van der Waals surface area contributed by atoms with Crippen LogP contribution in [0.1, 0.15) is 5.56 Å². The van der Waals surface area contributed by atoms with E-state index in [1.54, 1.807) is 6.20 Å². The van der Waals surface area contributed by atoms with E-state index < -0.39 is 0 Å². The first-order chi connectivity index (χ1) is 15.2. The van der Waals surface area contributed by atoms with Gasteiger partial charge in [-0.25, -0.2) is 0 Å². The maximum absolute atomic E-state index is 12.6. The Labute approximate surface area is 189 Å². The number of piperazine rings is 1. The van der Waals surface area contributed by atoms with E-state index in [0.717, 1.165) is 58.9 Å². The van der Waals surface area contributed by atoms with Gasteiger partial charge in [-0.1, -0.05) is 48.0 Å². The smallest absolute Gasteiger partial charge is 0.286 e. The highest BCUT2D eigenvalue weighted by Crippen LogP contribution is 2.33. The van der Waals surface area contributed by atoms with Crippen LogP contribution in [0.3, 0.4) is 0 Å². The lowest BCUT2D eigenvalue weighted by Gasteiger charge is -2.36. The highest BCUT2D eigenvalue weighted by Gasteiger charge is 2.29. The van der Waals surface area contributed by atoms with Gasteiger partial charge in [0.25, 0.3) is 5.91 Å². The maximum atomic E-state index is 12.6. The first-order valence-corrected chi connectivity index (χ1v) is 11.2. The lowest BCUT2D eigenvalue weighted by atomic mass is 10.1. The van der Waals surface area contributed by atoms with E-state index in [-0.39, 0.29) is 5.91 Å². The summed E-state index contributed by atoms with van der Waals surface area (Å²) in [5.74, 6) is -0.197. The van der Waals surface area contributed by atoms with Crippen LogP contribution in [0.4, 0.5) is 5.69 Å². The number of amides is 1. The monoisotopic (exact) mass is 449 g/mol. The number of anilines is 1. The fourth-order valence-electron chi connectivity index (χ4n) is 3.74. The van der Waals surface area contributed by atoms with Gasteiger partial charge in [-0.05, 0) is 36.0 Å². The standard InChI is InChI=1S/C23H20ClN5OS/c24-18-7-4-8-19(14-18)28-9-11-29(12-10-28)23-26-22(30)20(31-23)13-17-15-25-27-21(17)16-5-2-1-3-6-16/h1-8,13-15H,9-12H2,(H,25,27)/b20-13+. The van der Waals surface area contributed by atoms with Crippen LogP contribution in [-0.4, -0.2) is 52.4 Å². The number of thioether (sulfide) groups is 1. The Balaban J connectivity index is 1.27. The number of hydrogen-bond acceptors (Lipinski definition) is 5. The highest BCUT2D eigenvalue weighted by atomic mass is 35.5. The number of carbonyl (C=O) groups is 1. The molecule has 1 saturated heterocycles. The van der Waals surface area contributed by atoms with Crippen molar-refractivity contribution in [2.24, 2.45) is 4.99 Å². The molecule has 31 heavy (non-hydrogen) atoms. The molecule has 1 N–H and O–H groups in total. The van der Waals surface area contributed by atoms with E-state index in [4.69, 9.17) is 11.6 Å². The third-order valence-corrected chi connectivity index (χ3v) is 6.63. The van der Waals surface area contributed by atoms with Crippen molar-refractivity contribution < 1.29 is 4.79 Å². The average Bonchev–Trinajstić information content (AvgIpc) is 3.41. The first kappa shape index (κ1) is 19.9. The quantitative estimate of drug-likeness (QED) is 0.595. The van der Waals surface area contributed by atoms with Gasteiger partial charge in [0.1, 0.15) is 0 Å². The Morgan fingerprint density at radius 1 is 1.00 bits per heavy atom. The zero-order chi connectivity index (χ0) is 21.2. The molecule has 0 aliphatic carbocycles. The number of nitrogens with one attached hydrogen (secondary N) is 1. The molecular weight excluding hydrogens is 430 g/mol. The third kappa shape index (κ3) is 4.24. The molecule has 1 fully saturated rings. The molecule has 0 saturated carbocycles. The zero-order valence-electron chi connectivity index (χ0n) is 16.7. The van der Waals surface area contributed by atoms with Gasteiger partial charge in [0, 0.05) is 48.0 Å². The van der Waals surface area contributed by atoms with Crippen LogP contribution in [0.25, 0.3) is 17.3 Å². The summed E-state index contributed by atoms with van der Waals surface area (Å²) in [6.07, 6.45) is 3.61. The summed E-state index contributed by atoms with van der Waals surface area (Å²) >= 11 is 7.56. The Hall–Kier alpha value is -3.03. The summed E-state index contributed by atoms with van der Waals surface area (Å²) in [6, 6.07) is 17.9. The van der Waals surface area contributed by atoms with Gasteiger partial charge < -0.3 is 9.80 Å². The lowest BCUT2D eigenvalue weighted by Crippen LogP contribution is -2.47. The van der Waals surface area contributed by atoms with Gasteiger partial charge in [-0.15, -0.1) is 0 Å². The zero-order valence-corrected chi connectivity index (χ0v) is 18.2. The summed E-state index contributed by atoms with van der Waals surface area (Å²) in [5, 5.41) is 8.71. The van der Waals surface area contributed by atoms with Crippen molar-refractivity contribution in [3.05, 3.63) is 76.3 Å². The minimum Gasteiger partial charge on any atom is -0.368 e. The van der Waals surface area contributed by atoms with Crippen LogP contribution < -0.4 is 4.90 Å². The Bertz CT molecular complexity index is 1170. The Kier molecular flexibility index (Phi) is 5.53. The number of aromatic amines is 1. The van der Waals surface area contributed by atoms with Gasteiger partial charge in [0.2, 0.25) is 0 Å². The van der Waals surface area contributed by atoms with Crippen LogP contribution in [0.15, 0.2) is 70.7 Å². The van der Waals surface area contributed by atoms with Crippen molar-refractivity contribution in [1.29, 1.82) is 0 Å². The SMILES string of the molecule is O=C1N=C(N2CCN(c3cccc(Cl)c3)CC2)S/C1=C/c1cn[nH]c1-c1ccccc1. The van der Waals surface area contributed by atoms with Crippen molar-refractivity contribution in [3.8, 4) is 11.3 Å². The Morgan fingerprint density at radius 2 is 1.77 bits per heavy atom. The number of H-pyrrole nitrogens is 1.